The maximum atomic E-state index is 12.5. The molecule has 0 unspecified atom stereocenters. The van der Waals surface area contributed by atoms with Gasteiger partial charge in [0, 0.05) is 37.2 Å². The van der Waals surface area contributed by atoms with Crippen LogP contribution in [0, 0.1) is 0 Å². The summed E-state index contributed by atoms with van der Waals surface area (Å²) in [4.78, 5) is 38.2. The molecule has 2 aromatic rings. The quantitative estimate of drug-likeness (QED) is 0.265. The number of ether oxygens (including phenoxy) is 1. The van der Waals surface area contributed by atoms with Crippen LogP contribution in [0.25, 0.3) is 0 Å². The number of rotatable bonds is 12. The van der Waals surface area contributed by atoms with Crippen LogP contribution < -0.4 is 10.6 Å². The first-order valence-corrected chi connectivity index (χ1v) is 12.0. The number of nitrogens with zero attached hydrogens (tertiary/aromatic N) is 1. The Morgan fingerprint density at radius 3 is 2.38 bits per heavy atom. The fourth-order valence-corrected chi connectivity index (χ4v) is 3.58. The van der Waals surface area contributed by atoms with Gasteiger partial charge in [0.1, 0.15) is 0 Å². The molecule has 0 saturated carbocycles. The molecule has 0 radical (unpaired) electrons. The number of hydrogen-bond donors (Lipinski definition) is 2. The van der Waals surface area contributed by atoms with Crippen LogP contribution in [0.3, 0.4) is 0 Å². The lowest BCUT2D eigenvalue weighted by Crippen LogP contribution is -2.34. The highest BCUT2D eigenvalue weighted by atomic mass is 32.1. The Bertz CT molecular complexity index is 962. The molecule has 0 aliphatic heterocycles. The van der Waals surface area contributed by atoms with Crippen molar-refractivity contribution in [1.82, 2.24) is 10.2 Å². The zero-order valence-electron chi connectivity index (χ0n) is 19.8. The molecule has 7 nitrogen and oxygen atoms in total. The maximum Gasteiger partial charge on any atom is 0.305 e. The molecule has 0 spiro atoms. The number of nitrogens with one attached hydrogen (secondary N) is 2. The van der Waals surface area contributed by atoms with Gasteiger partial charge in [-0.2, -0.15) is 0 Å². The summed E-state index contributed by atoms with van der Waals surface area (Å²) in [5.41, 5.74) is 2.37. The summed E-state index contributed by atoms with van der Waals surface area (Å²) in [5.74, 6) is -0.656. The van der Waals surface area contributed by atoms with Crippen LogP contribution in [-0.2, 0) is 20.7 Å². The largest absolute Gasteiger partial charge is 0.466 e. The van der Waals surface area contributed by atoms with Gasteiger partial charge in [0.25, 0.3) is 5.91 Å². The molecule has 0 bridgehead atoms. The van der Waals surface area contributed by atoms with Crippen molar-refractivity contribution >= 4 is 40.8 Å². The third kappa shape index (κ3) is 9.70. The monoisotopic (exact) mass is 483 g/mol. The van der Waals surface area contributed by atoms with Crippen LogP contribution in [0.5, 0.6) is 0 Å². The molecule has 0 saturated heterocycles. The Kier molecular flexibility index (Phi) is 11.7. The lowest BCUT2D eigenvalue weighted by Gasteiger charge is -2.19. The van der Waals surface area contributed by atoms with Crippen molar-refractivity contribution in [1.29, 1.82) is 0 Å². The van der Waals surface area contributed by atoms with Crippen molar-refractivity contribution in [3.63, 3.8) is 0 Å². The van der Waals surface area contributed by atoms with E-state index in [9.17, 15) is 14.4 Å². The number of aryl methyl sites for hydroxylation is 1. The molecule has 0 aromatic heterocycles. The Labute approximate surface area is 206 Å². The molecule has 0 aliphatic carbocycles. The van der Waals surface area contributed by atoms with E-state index in [2.05, 4.69) is 10.6 Å². The first kappa shape index (κ1) is 27.0. The van der Waals surface area contributed by atoms with Gasteiger partial charge in [-0.3, -0.25) is 14.4 Å². The van der Waals surface area contributed by atoms with E-state index in [1.165, 1.54) is 5.56 Å². The molecule has 0 heterocycles. The Morgan fingerprint density at radius 2 is 1.68 bits per heavy atom. The summed E-state index contributed by atoms with van der Waals surface area (Å²) in [6.07, 6.45) is 2.32. The maximum absolute atomic E-state index is 12.5. The summed E-state index contributed by atoms with van der Waals surface area (Å²) in [6.45, 7) is 5.48. The summed E-state index contributed by atoms with van der Waals surface area (Å²) < 4.78 is 5.23. The van der Waals surface area contributed by atoms with Crippen LogP contribution in [0.1, 0.15) is 55.5 Å². The highest BCUT2D eigenvalue weighted by molar-refractivity contribution is 7.80. The second-order valence-corrected chi connectivity index (χ2v) is 8.13. The van der Waals surface area contributed by atoms with Crippen LogP contribution in [0.15, 0.2) is 54.6 Å². The summed E-state index contributed by atoms with van der Waals surface area (Å²) in [7, 11) is 0. The fraction of sp³-hybridized carbons (Fsp3) is 0.385. The molecular formula is C26H33N3O4S. The van der Waals surface area contributed by atoms with E-state index in [4.69, 9.17) is 17.0 Å². The molecule has 2 amide bonds. The number of amides is 2. The SMILES string of the molecule is CCN(CC)C(=O)c1cccc(NC(=S)NC(=O)CCCC(=O)OCCCc2ccccc2)c1. The minimum atomic E-state index is -0.309. The van der Waals surface area contributed by atoms with Gasteiger partial charge in [-0.25, -0.2) is 0 Å². The Morgan fingerprint density at radius 1 is 0.941 bits per heavy atom. The predicted octanol–water partition coefficient (Wildman–Crippen LogP) is 4.33. The van der Waals surface area contributed by atoms with Crippen molar-refractivity contribution < 1.29 is 19.1 Å². The first-order chi connectivity index (χ1) is 16.4. The number of esters is 1. The lowest BCUT2D eigenvalue weighted by atomic mass is 10.1. The van der Waals surface area contributed by atoms with Crippen LogP contribution in [0.4, 0.5) is 5.69 Å². The highest BCUT2D eigenvalue weighted by Gasteiger charge is 2.13. The smallest absolute Gasteiger partial charge is 0.305 e. The number of thiocarbonyl (C=S) groups is 1. The van der Waals surface area contributed by atoms with Crippen molar-refractivity contribution in [2.75, 3.05) is 25.0 Å². The van der Waals surface area contributed by atoms with E-state index in [0.29, 0.717) is 37.4 Å². The molecule has 0 atom stereocenters. The molecule has 0 fully saturated rings. The van der Waals surface area contributed by atoms with E-state index in [1.54, 1.807) is 29.2 Å². The van der Waals surface area contributed by atoms with Crippen LogP contribution >= 0.6 is 12.2 Å². The molecule has 2 N–H and O–H groups in total. The van der Waals surface area contributed by atoms with Gasteiger partial charge in [-0.15, -0.1) is 0 Å². The van der Waals surface area contributed by atoms with E-state index in [-0.39, 0.29) is 35.7 Å². The lowest BCUT2D eigenvalue weighted by molar-refractivity contribution is -0.143. The topological polar surface area (TPSA) is 87.7 Å². The van der Waals surface area contributed by atoms with Crippen molar-refractivity contribution in [3.8, 4) is 0 Å². The van der Waals surface area contributed by atoms with Gasteiger partial charge in [-0.05, 0) is 69.1 Å². The van der Waals surface area contributed by atoms with Gasteiger partial charge < -0.3 is 20.3 Å². The zero-order chi connectivity index (χ0) is 24.8. The van der Waals surface area contributed by atoms with Crippen molar-refractivity contribution in [2.45, 2.75) is 46.0 Å². The van der Waals surface area contributed by atoms with Gasteiger partial charge in [-0.1, -0.05) is 36.4 Å². The number of hydrogen-bond acceptors (Lipinski definition) is 5. The first-order valence-electron chi connectivity index (χ1n) is 11.6. The summed E-state index contributed by atoms with van der Waals surface area (Å²) in [5, 5.41) is 5.67. The minimum Gasteiger partial charge on any atom is -0.466 e. The number of benzene rings is 2. The van der Waals surface area contributed by atoms with E-state index < -0.39 is 0 Å². The second kappa shape index (κ2) is 14.8. The predicted molar refractivity (Wildman–Crippen MR) is 138 cm³/mol. The third-order valence-corrected chi connectivity index (χ3v) is 5.38. The Balaban J connectivity index is 1.65. The minimum absolute atomic E-state index is 0.0597. The fourth-order valence-electron chi connectivity index (χ4n) is 3.35. The standard InChI is InChI=1S/C26H33N3O4S/c1-3-29(4-2)25(32)21-14-8-15-22(19-21)27-26(34)28-23(30)16-9-17-24(31)33-18-10-13-20-11-6-5-7-12-20/h5-8,11-12,14-15,19H,3-4,9-10,13,16-18H2,1-2H3,(H2,27,28,30,34). The number of anilines is 1. The van der Waals surface area contributed by atoms with Crippen molar-refractivity contribution in [3.05, 3.63) is 65.7 Å². The van der Waals surface area contributed by atoms with Gasteiger partial charge in [0.2, 0.25) is 5.91 Å². The van der Waals surface area contributed by atoms with E-state index >= 15 is 0 Å². The van der Waals surface area contributed by atoms with Gasteiger partial charge in [0.15, 0.2) is 5.11 Å². The van der Waals surface area contributed by atoms with E-state index in [1.807, 2.05) is 44.2 Å². The average molecular weight is 484 g/mol. The molecule has 182 valence electrons. The Hall–Kier alpha value is -3.26. The summed E-state index contributed by atoms with van der Waals surface area (Å²) >= 11 is 5.20. The molecule has 2 rings (SSSR count). The number of carbonyl (C=O) groups excluding carboxylic acids is 3. The zero-order valence-corrected chi connectivity index (χ0v) is 20.7. The molecular weight excluding hydrogens is 450 g/mol. The number of carbonyl (C=O) groups is 3. The van der Waals surface area contributed by atoms with Crippen LogP contribution in [0.2, 0.25) is 0 Å². The van der Waals surface area contributed by atoms with E-state index in [0.717, 1.165) is 12.8 Å². The highest BCUT2D eigenvalue weighted by Crippen LogP contribution is 2.13. The molecule has 8 heteroatoms. The normalized spacial score (nSPS) is 10.3. The van der Waals surface area contributed by atoms with Crippen LogP contribution in [-0.4, -0.2) is 47.5 Å². The van der Waals surface area contributed by atoms with Crippen molar-refractivity contribution in [2.24, 2.45) is 0 Å². The van der Waals surface area contributed by atoms with Gasteiger partial charge >= 0.3 is 5.97 Å². The summed E-state index contributed by atoms with van der Waals surface area (Å²) in [6, 6.07) is 17.0. The molecule has 34 heavy (non-hydrogen) atoms. The average Bonchev–Trinajstić information content (AvgIpc) is 2.83. The molecule has 2 aromatic carbocycles. The third-order valence-electron chi connectivity index (χ3n) is 5.17. The second-order valence-electron chi connectivity index (χ2n) is 7.72. The van der Waals surface area contributed by atoms with Gasteiger partial charge in [0.05, 0.1) is 6.61 Å². The molecule has 0 aliphatic rings.